The van der Waals surface area contributed by atoms with Crippen molar-refractivity contribution in [1.82, 2.24) is 4.98 Å². The average Bonchev–Trinajstić information content (AvgIpc) is 2.50. The van der Waals surface area contributed by atoms with Gasteiger partial charge in [-0.3, -0.25) is 4.79 Å². The topological polar surface area (TPSA) is 68.3 Å². The van der Waals surface area contributed by atoms with Gasteiger partial charge in [-0.15, -0.1) is 0 Å². The van der Waals surface area contributed by atoms with Gasteiger partial charge in [-0.25, -0.2) is 9.78 Å². The predicted octanol–water partition coefficient (Wildman–Crippen LogP) is 3.43. The summed E-state index contributed by atoms with van der Waals surface area (Å²) in [5.74, 6) is -1.16. The molecule has 7 heteroatoms. The van der Waals surface area contributed by atoms with Gasteiger partial charge in [0.25, 0.3) is 5.91 Å². The van der Waals surface area contributed by atoms with Crippen LogP contribution in [-0.2, 0) is 4.74 Å². The molecule has 0 bridgehead atoms. The molecule has 1 aromatic heterocycles. The molecule has 1 amide bonds. The molecule has 1 N–H and O–H groups in total. The number of carbonyl (C=O) groups is 2. The van der Waals surface area contributed by atoms with Crippen LogP contribution in [0.5, 0.6) is 0 Å². The van der Waals surface area contributed by atoms with Gasteiger partial charge in [0.1, 0.15) is 11.4 Å². The number of aromatic nitrogens is 1. The predicted molar refractivity (Wildman–Crippen MR) is 80.0 cm³/mol. The molecule has 0 unspecified atom stereocenters. The van der Waals surface area contributed by atoms with Crippen LogP contribution < -0.4 is 5.32 Å². The highest BCUT2D eigenvalue weighted by atomic mass is 35.5. The molecular weight excluding hydrogens is 315 g/mol. The standard InChI is InChI=1S/C14H10Cl2N2O3/c1-21-14(20)11-7-3-6-10(17-11)13(19)18-12-8(15)4-2-5-9(12)16/h2-7H,1H3,(H,18,19). The molecule has 0 aliphatic heterocycles. The Hall–Kier alpha value is -2.11. The Bertz CT molecular complexity index is 684. The summed E-state index contributed by atoms with van der Waals surface area (Å²) in [6.45, 7) is 0. The smallest absolute Gasteiger partial charge is 0.356 e. The Morgan fingerprint density at radius 1 is 1.05 bits per heavy atom. The van der Waals surface area contributed by atoms with Crippen molar-refractivity contribution in [1.29, 1.82) is 0 Å². The number of nitrogens with zero attached hydrogens (tertiary/aromatic N) is 1. The number of pyridine rings is 1. The van der Waals surface area contributed by atoms with Crippen LogP contribution in [-0.4, -0.2) is 24.0 Å². The first kappa shape index (κ1) is 15.3. The number of halogens is 2. The summed E-state index contributed by atoms with van der Waals surface area (Å²) < 4.78 is 4.55. The first-order valence-electron chi connectivity index (χ1n) is 5.83. The van der Waals surface area contributed by atoms with Gasteiger partial charge in [0.05, 0.1) is 22.8 Å². The number of amides is 1. The first-order chi connectivity index (χ1) is 10.0. The monoisotopic (exact) mass is 324 g/mol. The minimum atomic E-state index is -0.625. The molecule has 21 heavy (non-hydrogen) atoms. The van der Waals surface area contributed by atoms with Crippen molar-refractivity contribution in [2.24, 2.45) is 0 Å². The second-order valence-corrected chi connectivity index (χ2v) is 4.76. The summed E-state index contributed by atoms with van der Waals surface area (Å²) in [6, 6.07) is 9.30. The number of methoxy groups -OCH3 is 1. The molecule has 1 aromatic carbocycles. The number of rotatable bonds is 3. The van der Waals surface area contributed by atoms with E-state index in [0.717, 1.165) is 0 Å². The second-order valence-electron chi connectivity index (χ2n) is 3.95. The van der Waals surface area contributed by atoms with E-state index >= 15 is 0 Å². The Labute approximate surface area is 130 Å². The van der Waals surface area contributed by atoms with Crippen molar-refractivity contribution in [3.63, 3.8) is 0 Å². The number of ether oxygens (including phenoxy) is 1. The van der Waals surface area contributed by atoms with Crippen LogP contribution >= 0.6 is 23.2 Å². The van der Waals surface area contributed by atoms with Crippen LogP contribution in [0.15, 0.2) is 36.4 Å². The third-order valence-corrected chi connectivity index (χ3v) is 3.21. The van der Waals surface area contributed by atoms with Crippen molar-refractivity contribution >= 4 is 40.8 Å². The highest BCUT2D eigenvalue weighted by molar-refractivity contribution is 6.40. The molecule has 0 atom stereocenters. The molecule has 0 spiro atoms. The van der Waals surface area contributed by atoms with E-state index in [1.54, 1.807) is 18.2 Å². The van der Waals surface area contributed by atoms with E-state index in [9.17, 15) is 9.59 Å². The van der Waals surface area contributed by atoms with Crippen LogP contribution in [0.25, 0.3) is 0 Å². The molecule has 0 radical (unpaired) electrons. The molecule has 108 valence electrons. The van der Waals surface area contributed by atoms with Crippen molar-refractivity contribution in [2.45, 2.75) is 0 Å². The molecule has 0 aliphatic carbocycles. The third kappa shape index (κ3) is 3.51. The highest BCUT2D eigenvalue weighted by Crippen LogP contribution is 2.30. The number of benzene rings is 1. The fraction of sp³-hybridized carbons (Fsp3) is 0.0714. The molecule has 1 heterocycles. The Morgan fingerprint density at radius 2 is 1.62 bits per heavy atom. The van der Waals surface area contributed by atoms with Gasteiger partial charge in [-0.1, -0.05) is 35.3 Å². The van der Waals surface area contributed by atoms with E-state index in [2.05, 4.69) is 15.0 Å². The fourth-order valence-electron chi connectivity index (χ4n) is 1.57. The third-order valence-electron chi connectivity index (χ3n) is 2.58. The number of esters is 1. The highest BCUT2D eigenvalue weighted by Gasteiger charge is 2.15. The molecule has 0 aliphatic rings. The van der Waals surface area contributed by atoms with Gasteiger partial charge in [0.2, 0.25) is 0 Å². The van der Waals surface area contributed by atoms with E-state index in [4.69, 9.17) is 23.2 Å². The lowest BCUT2D eigenvalue weighted by Crippen LogP contribution is -2.16. The van der Waals surface area contributed by atoms with Crippen LogP contribution in [0.3, 0.4) is 0 Å². The van der Waals surface area contributed by atoms with E-state index < -0.39 is 11.9 Å². The molecule has 2 aromatic rings. The van der Waals surface area contributed by atoms with Crippen LogP contribution in [0.4, 0.5) is 5.69 Å². The lowest BCUT2D eigenvalue weighted by atomic mass is 10.2. The maximum Gasteiger partial charge on any atom is 0.356 e. The van der Waals surface area contributed by atoms with Crippen molar-refractivity contribution in [3.8, 4) is 0 Å². The van der Waals surface area contributed by atoms with Crippen molar-refractivity contribution < 1.29 is 14.3 Å². The lowest BCUT2D eigenvalue weighted by Gasteiger charge is -2.09. The van der Waals surface area contributed by atoms with Crippen LogP contribution in [0.2, 0.25) is 10.0 Å². The number of carbonyl (C=O) groups excluding carboxylic acids is 2. The summed E-state index contributed by atoms with van der Waals surface area (Å²) >= 11 is 11.9. The SMILES string of the molecule is COC(=O)c1cccc(C(=O)Nc2c(Cl)cccc2Cl)n1. The number of nitrogens with one attached hydrogen (secondary N) is 1. The van der Waals surface area contributed by atoms with E-state index in [1.165, 1.54) is 25.3 Å². The Morgan fingerprint density at radius 3 is 2.24 bits per heavy atom. The largest absolute Gasteiger partial charge is 0.464 e. The summed E-state index contributed by atoms with van der Waals surface area (Å²) in [7, 11) is 1.24. The van der Waals surface area contributed by atoms with Crippen LogP contribution in [0.1, 0.15) is 21.0 Å². The molecule has 5 nitrogen and oxygen atoms in total. The first-order valence-corrected chi connectivity index (χ1v) is 6.59. The minimum Gasteiger partial charge on any atom is -0.464 e. The van der Waals surface area contributed by atoms with Gasteiger partial charge in [-0.05, 0) is 24.3 Å². The van der Waals surface area contributed by atoms with E-state index in [-0.39, 0.29) is 17.1 Å². The zero-order valence-corrected chi connectivity index (χ0v) is 12.4. The Balaban J connectivity index is 2.27. The summed E-state index contributed by atoms with van der Waals surface area (Å²) in [6.07, 6.45) is 0. The normalized spacial score (nSPS) is 10.0. The van der Waals surface area contributed by atoms with Crippen molar-refractivity contribution in [2.75, 3.05) is 12.4 Å². The molecule has 0 fully saturated rings. The number of para-hydroxylation sites is 1. The molecular formula is C14H10Cl2N2O3. The molecule has 2 rings (SSSR count). The van der Waals surface area contributed by atoms with E-state index in [1.807, 2.05) is 0 Å². The quantitative estimate of drug-likeness (QED) is 0.878. The number of hydrogen-bond acceptors (Lipinski definition) is 4. The van der Waals surface area contributed by atoms with Gasteiger partial charge in [-0.2, -0.15) is 0 Å². The second kappa shape index (κ2) is 6.56. The zero-order chi connectivity index (χ0) is 15.4. The van der Waals surface area contributed by atoms with Gasteiger partial charge < -0.3 is 10.1 Å². The lowest BCUT2D eigenvalue weighted by molar-refractivity contribution is 0.0594. The average molecular weight is 325 g/mol. The maximum absolute atomic E-state index is 12.1. The summed E-state index contributed by atoms with van der Waals surface area (Å²) in [5.41, 5.74) is 0.375. The van der Waals surface area contributed by atoms with E-state index in [0.29, 0.717) is 10.0 Å². The van der Waals surface area contributed by atoms with Gasteiger partial charge in [0.15, 0.2) is 0 Å². The Kier molecular flexibility index (Phi) is 4.77. The molecule has 0 saturated heterocycles. The fourth-order valence-corrected chi connectivity index (χ4v) is 2.07. The summed E-state index contributed by atoms with van der Waals surface area (Å²) in [5, 5.41) is 3.17. The van der Waals surface area contributed by atoms with Crippen LogP contribution in [0, 0.1) is 0 Å². The van der Waals surface area contributed by atoms with Gasteiger partial charge in [0, 0.05) is 0 Å². The summed E-state index contributed by atoms with van der Waals surface area (Å²) in [4.78, 5) is 27.5. The minimum absolute atomic E-state index is 0.0374. The maximum atomic E-state index is 12.1. The number of anilines is 1. The van der Waals surface area contributed by atoms with Gasteiger partial charge >= 0.3 is 5.97 Å². The molecule has 0 saturated carbocycles. The number of hydrogen-bond donors (Lipinski definition) is 1. The zero-order valence-electron chi connectivity index (χ0n) is 10.9. The van der Waals surface area contributed by atoms with Crippen molar-refractivity contribution in [3.05, 3.63) is 57.8 Å².